The van der Waals surface area contributed by atoms with Crippen LogP contribution in [0.2, 0.25) is 0 Å². The number of carbonyl (C=O) groups is 1. The van der Waals surface area contributed by atoms with E-state index < -0.39 is 0 Å². The van der Waals surface area contributed by atoms with Crippen LogP contribution >= 0.6 is 0 Å². The van der Waals surface area contributed by atoms with Crippen LogP contribution < -0.4 is 10.6 Å². The molecule has 2 bridgehead atoms. The molecule has 4 heteroatoms. The maximum Gasteiger partial charge on any atom is 0.315 e. The van der Waals surface area contributed by atoms with Gasteiger partial charge in [-0.1, -0.05) is 19.8 Å². The van der Waals surface area contributed by atoms with Gasteiger partial charge in [0, 0.05) is 24.2 Å². The van der Waals surface area contributed by atoms with E-state index >= 15 is 0 Å². The van der Waals surface area contributed by atoms with Gasteiger partial charge in [-0.25, -0.2) is 4.79 Å². The topological polar surface area (TPSA) is 44.4 Å². The van der Waals surface area contributed by atoms with E-state index in [1.807, 2.05) is 0 Å². The van der Waals surface area contributed by atoms with Crippen LogP contribution in [0.1, 0.15) is 58.3 Å². The minimum absolute atomic E-state index is 0.0706. The third kappa shape index (κ3) is 3.11. The maximum absolute atomic E-state index is 12.1. The van der Waals surface area contributed by atoms with Gasteiger partial charge >= 0.3 is 6.03 Å². The predicted molar refractivity (Wildman–Crippen MR) is 80.7 cm³/mol. The zero-order chi connectivity index (χ0) is 14.1. The molecule has 2 N–H and O–H groups in total. The van der Waals surface area contributed by atoms with Gasteiger partial charge in [0.25, 0.3) is 0 Å². The molecule has 2 heterocycles. The van der Waals surface area contributed by atoms with E-state index in [4.69, 9.17) is 0 Å². The molecule has 3 fully saturated rings. The lowest BCUT2D eigenvalue weighted by Crippen LogP contribution is -2.56. The molecule has 0 spiro atoms. The van der Waals surface area contributed by atoms with E-state index in [1.165, 1.54) is 38.5 Å². The van der Waals surface area contributed by atoms with E-state index in [2.05, 4.69) is 29.5 Å². The molecule has 114 valence electrons. The molecule has 1 aliphatic carbocycles. The molecule has 3 aliphatic rings. The van der Waals surface area contributed by atoms with Crippen molar-refractivity contribution in [2.45, 2.75) is 82.5 Å². The zero-order valence-corrected chi connectivity index (χ0v) is 12.9. The van der Waals surface area contributed by atoms with Crippen LogP contribution in [0.25, 0.3) is 0 Å². The second-order valence-electron chi connectivity index (χ2n) is 7.08. The summed E-state index contributed by atoms with van der Waals surface area (Å²) >= 11 is 0. The standard InChI is InChI=1S/C16H29N3O/c1-3-5-11-8-15(11)18-16(20)17-12-9-13-6-4-7-14(10-12)19(13)2/h11-15H,3-10H2,1-2H3,(H2,17,18,20)/t11-,12?,13-,14+,15+/m1/s1. The van der Waals surface area contributed by atoms with Crippen LogP contribution in [0.3, 0.4) is 0 Å². The van der Waals surface area contributed by atoms with Crippen LogP contribution in [-0.2, 0) is 0 Å². The van der Waals surface area contributed by atoms with Crippen molar-refractivity contribution in [2.75, 3.05) is 7.05 Å². The first-order valence-electron chi connectivity index (χ1n) is 8.46. The molecule has 4 nitrogen and oxygen atoms in total. The molecule has 0 aromatic rings. The van der Waals surface area contributed by atoms with Crippen molar-refractivity contribution in [2.24, 2.45) is 5.92 Å². The first kappa shape index (κ1) is 14.2. The molecule has 5 atom stereocenters. The molecule has 2 aliphatic heterocycles. The average Bonchev–Trinajstić information content (AvgIpc) is 3.09. The number of urea groups is 1. The number of piperidine rings is 2. The van der Waals surface area contributed by atoms with Crippen LogP contribution in [0, 0.1) is 5.92 Å². The number of nitrogens with zero attached hydrogens (tertiary/aromatic N) is 1. The summed E-state index contributed by atoms with van der Waals surface area (Å²) in [5.41, 5.74) is 0. The summed E-state index contributed by atoms with van der Waals surface area (Å²) < 4.78 is 0. The molecule has 2 amide bonds. The van der Waals surface area contributed by atoms with Gasteiger partial charge in [-0.05, 0) is 51.5 Å². The highest BCUT2D eigenvalue weighted by atomic mass is 16.2. The third-order valence-corrected chi connectivity index (χ3v) is 5.57. The molecule has 1 saturated carbocycles. The second-order valence-corrected chi connectivity index (χ2v) is 7.08. The molecule has 3 rings (SSSR count). The highest BCUT2D eigenvalue weighted by Gasteiger charge is 2.39. The third-order valence-electron chi connectivity index (χ3n) is 5.57. The van der Waals surface area contributed by atoms with Crippen LogP contribution in [-0.4, -0.2) is 42.1 Å². The maximum atomic E-state index is 12.1. The summed E-state index contributed by atoms with van der Waals surface area (Å²) in [7, 11) is 2.25. The highest BCUT2D eigenvalue weighted by molar-refractivity contribution is 5.75. The Balaban J connectivity index is 1.43. The zero-order valence-electron chi connectivity index (χ0n) is 12.9. The number of rotatable bonds is 4. The second kappa shape index (κ2) is 5.92. The first-order valence-corrected chi connectivity index (χ1v) is 8.46. The lowest BCUT2D eigenvalue weighted by atomic mass is 9.82. The van der Waals surface area contributed by atoms with Crippen molar-refractivity contribution < 1.29 is 4.79 Å². The van der Waals surface area contributed by atoms with Crippen molar-refractivity contribution in [1.29, 1.82) is 0 Å². The van der Waals surface area contributed by atoms with Crippen LogP contribution in [0.15, 0.2) is 0 Å². The number of nitrogens with one attached hydrogen (secondary N) is 2. The highest BCUT2D eigenvalue weighted by Crippen LogP contribution is 2.35. The summed E-state index contributed by atoms with van der Waals surface area (Å²) in [5.74, 6) is 0.739. The Morgan fingerprint density at radius 2 is 1.85 bits per heavy atom. The largest absolute Gasteiger partial charge is 0.335 e. The lowest BCUT2D eigenvalue weighted by molar-refractivity contribution is 0.0509. The van der Waals surface area contributed by atoms with Gasteiger partial charge < -0.3 is 15.5 Å². The van der Waals surface area contributed by atoms with Crippen molar-refractivity contribution in [1.82, 2.24) is 15.5 Å². The van der Waals surface area contributed by atoms with E-state index in [-0.39, 0.29) is 6.03 Å². The van der Waals surface area contributed by atoms with E-state index in [0.717, 1.165) is 18.8 Å². The fourth-order valence-corrected chi connectivity index (χ4v) is 4.24. The fourth-order valence-electron chi connectivity index (χ4n) is 4.24. The van der Waals surface area contributed by atoms with Crippen LogP contribution in [0.5, 0.6) is 0 Å². The normalized spacial score (nSPS) is 40.2. The Kier molecular flexibility index (Phi) is 4.20. The van der Waals surface area contributed by atoms with E-state index in [0.29, 0.717) is 24.2 Å². The van der Waals surface area contributed by atoms with Crippen molar-refractivity contribution in [3.05, 3.63) is 0 Å². The van der Waals surface area contributed by atoms with Crippen molar-refractivity contribution in [3.8, 4) is 0 Å². The summed E-state index contributed by atoms with van der Waals surface area (Å²) in [6.07, 6.45) is 9.88. The molecular weight excluding hydrogens is 250 g/mol. The van der Waals surface area contributed by atoms with Gasteiger partial charge in [0.2, 0.25) is 0 Å². The smallest absolute Gasteiger partial charge is 0.315 e. The first-order chi connectivity index (χ1) is 9.67. The number of hydrogen-bond acceptors (Lipinski definition) is 2. The number of fused-ring (bicyclic) bond motifs is 2. The molecule has 0 aromatic carbocycles. The molecule has 20 heavy (non-hydrogen) atoms. The predicted octanol–water partition coefficient (Wildman–Crippen LogP) is 2.49. The van der Waals surface area contributed by atoms with Gasteiger partial charge in [0.05, 0.1) is 0 Å². The summed E-state index contributed by atoms with van der Waals surface area (Å²) in [4.78, 5) is 14.6. The summed E-state index contributed by atoms with van der Waals surface area (Å²) in [5, 5.41) is 6.37. The Morgan fingerprint density at radius 1 is 1.15 bits per heavy atom. The van der Waals surface area contributed by atoms with Gasteiger partial charge in [-0.3, -0.25) is 0 Å². The van der Waals surface area contributed by atoms with Crippen LogP contribution in [0.4, 0.5) is 4.79 Å². The van der Waals surface area contributed by atoms with Gasteiger partial charge in [0.1, 0.15) is 0 Å². The Labute approximate surface area is 122 Å². The van der Waals surface area contributed by atoms with Gasteiger partial charge in [-0.15, -0.1) is 0 Å². The molecule has 0 aromatic heterocycles. The molecule has 0 radical (unpaired) electrons. The summed E-state index contributed by atoms with van der Waals surface area (Å²) in [6.45, 7) is 2.22. The Morgan fingerprint density at radius 3 is 2.50 bits per heavy atom. The quantitative estimate of drug-likeness (QED) is 0.830. The molecule has 2 saturated heterocycles. The SMILES string of the molecule is CCC[C@@H]1C[C@@H]1NC(=O)NC1C[C@H]2CCC[C@@H](C1)N2C. The van der Waals surface area contributed by atoms with Gasteiger partial charge in [-0.2, -0.15) is 0 Å². The van der Waals surface area contributed by atoms with E-state index in [1.54, 1.807) is 0 Å². The van der Waals surface area contributed by atoms with E-state index in [9.17, 15) is 4.79 Å². The summed E-state index contributed by atoms with van der Waals surface area (Å²) in [6, 6.07) is 2.26. The van der Waals surface area contributed by atoms with Crippen molar-refractivity contribution >= 4 is 6.03 Å². The molecular formula is C16H29N3O. The fraction of sp³-hybridized carbons (Fsp3) is 0.938. The number of hydrogen-bond donors (Lipinski definition) is 2. The average molecular weight is 279 g/mol. The lowest BCUT2D eigenvalue weighted by Gasteiger charge is -2.47. The monoisotopic (exact) mass is 279 g/mol. The van der Waals surface area contributed by atoms with Crippen molar-refractivity contribution in [3.63, 3.8) is 0 Å². The number of amides is 2. The van der Waals surface area contributed by atoms with Gasteiger partial charge in [0.15, 0.2) is 0 Å². The molecule has 1 unspecified atom stereocenters. The number of carbonyl (C=O) groups excluding carboxylic acids is 1. The minimum Gasteiger partial charge on any atom is -0.335 e. The minimum atomic E-state index is 0.0706. The Bertz CT molecular complexity index is 346. The Hall–Kier alpha value is -0.770.